The van der Waals surface area contributed by atoms with Gasteiger partial charge in [0.25, 0.3) is 0 Å². The van der Waals surface area contributed by atoms with E-state index in [-0.39, 0.29) is 5.43 Å². The van der Waals surface area contributed by atoms with Crippen LogP contribution in [-0.4, -0.2) is 22.5 Å². The van der Waals surface area contributed by atoms with Crippen molar-refractivity contribution in [3.8, 4) is 0 Å². The highest BCUT2D eigenvalue weighted by molar-refractivity contribution is 7.99. The normalized spacial score (nSPS) is 20.5. The van der Waals surface area contributed by atoms with E-state index in [9.17, 15) is 4.79 Å². The van der Waals surface area contributed by atoms with Crippen LogP contribution in [0.5, 0.6) is 0 Å². The molecular weight excluding hydrogens is 232 g/mol. The average Bonchev–Trinajstić information content (AvgIpc) is 2.36. The molecule has 0 aromatic carbocycles. The number of H-pyrrole nitrogens is 1. The van der Waals surface area contributed by atoms with Crippen LogP contribution in [0, 0.1) is 13.8 Å². The van der Waals surface area contributed by atoms with Crippen molar-refractivity contribution in [1.82, 2.24) is 10.3 Å². The molecule has 1 aliphatic heterocycles. The predicted octanol–water partition coefficient (Wildman–Crippen LogP) is 1.98. The van der Waals surface area contributed by atoms with Gasteiger partial charge in [-0.15, -0.1) is 0 Å². The van der Waals surface area contributed by atoms with E-state index in [2.05, 4.69) is 10.3 Å². The van der Waals surface area contributed by atoms with Crippen LogP contribution >= 0.6 is 11.8 Å². The van der Waals surface area contributed by atoms with Crippen LogP contribution in [0.4, 0.5) is 0 Å². The van der Waals surface area contributed by atoms with Gasteiger partial charge in [0.15, 0.2) is 5.43 Å². The molecule has 2 heterocycles. The molecule has 1 aliphatic rings. The van der Waals surface area contributed by atoms with Crippen LogP contribution in [-0.2, 0) is 6.54 Å². The van der Waals surface area contributed by atoms with Gasteiger partial charge in [0.05, 0.1) is 0 Å². The van der Waals surface area contributed by atoms with Crippen molar-refractivity contribution in [2.75, 3.05) is 11.5 Å². The Morgan fingerprint density at radius 3 is 3.06 bits per heavy atom. The van der Waals surface area contributed by atoms with E-state index in [4.69, 9.17) is 0 Å². The van der Waals surface area contributed by atoms with Crippen molar-refractivity contribution in [3.63, 3.8) is 0 Å². The lowest BCUT2D eigenvalue weighted by Gasteiger charge is -2.22. The second kappa shape index (κ2) is 5.74. The lowest BCUT2D eigenvalue weighted by Crippen LogP contribution is -2.34. The number of pyridine rings is 1. The first-order valence-corrected chi connectivity index (χ1v) is 7.33. The minimum Gasteiger partial charge on any atom is -0.363 e. The van der Waals surface area contributed by atoms with Gasteiger partial charge in [0.2, 0.25) is 0 Å². The van der Waals surface area contributed by atoms with Crippen molar-refractivity contribution in [1.29, 1.82) is 0 Å². The molecule has 0 saturated carbocycles. The first kappa shape index (κ1) is 12.7. The summed E-state index contributed by atoms with van der Waals surface area (Å²) in [7, 11) is 0. The molecule has 1 aromatic heterocycles. The molecule has 0 radical (unpaired) electrons. The van der Waals surface area contributed by atoms with Gasteiger partial charge in [-0.25, -0.2) is 0 Å². The van der Waals surface area contributed by atoms with Gasteiger partial charge in [-0.1, -0.05) is 0 Å². The number of aromatic nitrogens is 1. The number of hydrogen-bond donors (Lipinski definition) is 2. The average molecular weight is 252 g/mol. The Bertz CT molecular complexity index is 436. The number of aryl methyl sites for hydroxylation is 1. The third-order valence-corrected chi connectivity index (χ3v) is 4.56. The summed E-state index contributed by atoms with van der Waals surface area (Å²) in [6.07, 6.45) is 4.36. The number of nitrogens with one attached hydrogen (secondary N) is 2. The highest BCUT2D eigenvalue weighted by atomic mass is 32.2. The summed E-state index contributed by atoms with van der Waals surface area (Å²) in [5.74, 6) is 2.48. The van der Waals surface area contributed by atoms with E-state index < -0.39 is 0 Å². The highest BCUT2D eigenvalue weighted by Gasteiger charge is 2.13. The molecule has 0 bridgehead atoms. The minimum atomic E-state index is 0.165. The molecule has 3 nitrogen and oxygen atoms in total. The van der Waals surface area contributed by atoms with Gasteiger partial charge in [0, 0.05) is 41.4 Å². The zero-order valence-corrected chi connectivity index (χ0v) is 11.3. The van der Waals surface area contributed by atoms with Crippen molar-refractivity contribution in [2.24, 2.45) is 0 Å². The van der Waals surface area contributed by atoms with E-state index in [1.807, 2.05) is 31.8 Å². The van der Waals surface area contributed by atoms with E-state index in [1.54, 1.807) is 0 Å². The molecule has 1 saturated heterocycles. The van der Waals surface area contributed by atoms with Gasteiger partial charge in [-0.2, -0.15) is 11.8 Å². The zero-order valence-electron chi connectivity index (χ0n) is 10.5. The van der Waals surface area contributed by atoms with E-state index >= 15 is 0 Å². The minimum absolute atomic E-state index is 0.165. The Labute approximate surface area is 106 Å². The molecular formula is C13H20N2OS. The predicted molar refractivity (Wildman–Crippen MR) is 73.7 cm³/mol. The molecule has 0 aliphatic carbocycles. The third-order valence-electron chi connectivity index (χ3n) is 3.34. The molecule has 94 valence electrons. The van der Waals surface area contributed by atoms with Gasteiger partial charge in [-0.05, 0) is 32.4 Å². The zero-order chi connectivity index (χ0) is 12.3. The Morgan fingerprint density at radius 1 is 1.53 bits per heavy atom. The van der Waals surface area contributed by atoms with Crippen LogP contribution in [0.15, 0.2) is 11.0 Å². The van der Waals surface area contributed by atoms with E-state index in [0.717, 1.165) is 23.4 Å². The van der Waals surface area contributed by atoms with Gasteiger partial charge in [-0.3, -0.25) is 4.79 Å². The van der Waals surface area contributed by atoms with Gasteiger partial charge < -0.3 is 10.3 Å². The largest absolute Gasteiger partial charge is 0.363 e. The Hall–Kier alpha value is -0.740. The molecule has 2 rings (SSSR count). The maximum Gasteiger partial charge on any atom is 0.187 e. The Morgan fingerprint density at radius 2 is 2.35 bits per heavy atom. The summed E-state index contributed by atoms with van der Waals surface area (Å²) in [5, 5.41) is 3.53. The fourth-order valence-electron chi connectivity index (χ4n) is 2.13. The Kier molecular flexibility index (Phi) is 4.29. The molecule has 2 N–H and O–H groups in total. The van der Waals surface area contributed by atoms with Gasteiger partial charge in [0.1, 0.15) is 0 Å². The summed E-state index contributed by atoms with van der Waals surface area (Å²) in [6.45, 7) is 4.52. The van der Waals surface area contributed by atoms with Crippen LogP contribution in [0.1, 0.15) is 29.7 Å². The molecule has 0 spiro atoms. The molecule has 4 heteroatoms. The third kappa shape index (κ3) is 3.13. The summed E-state index contributed by atoms with van der Waals surface area (Å²) < 4.78 is 0. The fourth-order valence-corrected chi connectivity index (χ4v) is 3.24. The molecule has 1 aromatic rings. The SMILES string of the molecule is Cc1c[nH]c(CNC2CCCSC2)c(C)c1=O. The lowest BCUT2D eigenvalue weighted by molar-refractivity contribution is 0.502. The van der Waals surface area contributed by atoms with Crippen molar-refractivity contribution < 1.29 is 0 Å². The van der Waals surface area contributed by atoms with Crippen LogP contribution in [0.25, 0.3) is 0 Å². The van der Waals surface area contributed by atoms with E-state index in [1.165, 1.54) is 24.3 Å². The number of aromatic amines is 1. The molecule has 0 amide bonds. The number of thioether (sulfide) groups is 1. The van der Waals surface area contributed by atoms with E-state index in [0.29, 0.717) is 6.04 Å². The van der Waals surface area contributed by atoms with Crippen LogP contribution in [0.3, 0.4) is 0 Å². The maximum atomic E-state index is 11.8. The Balaban J connectivity index is 1.99. The van der Waals surface area contributed by atoms with Crippen LogP contribution in [0.2, 0.25) is 0 Å². The van der Waals surface area contributed by atoms with Gasteiger partial charge >= 0.3 is 0 Å². The van der Waals surface area contributed by atoms with Crippen molar-refractivity contribution in [2.45, 2.75) is 39.3 Å². The first-order chi connectivity index (χ1) is 8.18. The molecule has 17 heavy (non-hydrogen) atoms. The highest BCUT2D eigenvalue weighted by Crippen LogP contribution is 2.17. The molecule has 1 unspecified atom stereocenters. The summed E-state index contributed by atoms with van der Waals surface area (Å²) in [5.41, 5.74) is 2.83. The fraction of sp³-hybridized carbons (Fsp3) is 0.615. The number of rotatable bonds is 3. The van der Waals surface area contributed by atoms with Crippen molar-refractivity contribution >= 4 is 11.8 Å². The number of hydrogen-bond acceptors (Lipinski definition) is 3. The second-order valence-electron chi connectivity index (χ2n) is 4.70. The topological polar surface area (TPSA) is 44.9 Å². The lowest BCUT2D eigenvalue weighted by atomic mass is 10.1. The molecule has 1 atom stereocenters. The standard InChI is InChI=1S/C13H20N2OS/c1-9-6-15-12(10(2)13(9)16)7-14-11-4-3-5-17-8-11/h6,11,14H,3-5,7-8H2,1-2H3,(H,15,16). The molecule has 1 fully saturated rings. The maximum absolute atomic E-state index is 11.8. The monoisotopic (exact) mass is 252 g/mol. The van der Waals surface area contributed by atoms with Crippen molar-refractivity contribution in [3.05, 3.63) is 33.2 Å². The smallest absolute Gasteiger partial charge is 0.187 e. The second-order valence-corrected chi connectivity index (χ2v) is 5.85. The summed E-state index contributed by atoms with van der Waals surface area (Å²) in [6, 6.07) is 0.595. The summed E-state index contributed by atoms with van der Waals surface area (Å²) >= 11 is 2.01. The quantitative estimate of drug-likeness (QED) is 0.864. The van der Waals surface area contributed by atoms with Crippen LogP contribution < -0.4 is 10.7 Å². The first-order valence-electron chi connectivity index (χ1n) is 6.17. The summed E-state index contributed by atoms with van der Waals surface area (Å²) in [4.78, 5) is 15.0.